The van der Waals surface area contributed by atoms with Crippen molar-refractivity contribution in [2.75, 3.05) is 25.6 Å². The van der Waals surface area contributed by atoms with Gasteiger partial charge < -0.3 is 19.5 Å². The Kier molecular flexibility index (Phi) is 7.02. The molecular weight excluding hydrogens is 334 g/mol. The van der Waals surface area contributed by atoms with E-state index in [1.165, 1.54) is 0 Å². The van der Waals surface area contributed by atoms with Crippen LogP contribution in [0.5, 0.6) is 11.5 Å². The van der Waals surface area contributed by atoms with E-state index < -0.39 is 11.9 Å². The molecule has 0 bridgehead atoms. The number of esters is 1. The van der Waals surface area contributed by atoms with Crippen LogP contribution in [0.3, 0.4) is 0 Å². The van der Waals surface area contributed by atoms with Crippen molar-refractivity contribution < 1.29 is 23.8 Å². The first-order valence-corrected chi connectivity index (χ1v) is 8.27. The number of hydrogen-bond acceptors (Lipinski definition) is 5. The monoisotopic (exact) mass is 357 g/mol. The summed E-state index contributed by atoms with van der Waals surface area (Å²) in [5, 5.41) is 2.64. The van der Waals surface area contributed by atoms with E-state index in [-0.39, 0.29) is 19.6 Å². The molecule has 0 aromatic heterocycles. The number of carbonyl (C=O) groups excluding carboxylic acids is 2. The molecule has 1 N–H and O–H groups in total. The fraction of sp³-hybridized carbons (Fsp3) is 0.300. The molecule has 0 radical (unpaired) electrons. The number of amides is 1. The predicted octanol–water partition coefficient (Wildman–Crippen LogP) is 3.26. The van der Waals surface area contributed by atoms with Crippen molar-refractivity contribution >= 4 is 17.6 Å². The predicted molar refractivity (Wildman–Crippen MR) is 98.6 cm³/mol. The van der Waals surface area contributed by atoms with Crippen molar-refractivity contribution in [3.63, 3.8) is 0 Å². The molecule has 2 aromatic carbocycles. The lowest BCUT2D eigenvalue weighted by molar-refractivity contribution is -0.147. The van der Waals surface area contributed by atoms with Crippen molar-refractivity contribution in [1.82, 2.24) is 0 Å². The first-order chi connectivity index (χ1) is 12.5. The molecule has 138 valence electrons. The minimum Gasteiger partial charge on any atom is -0.497 e. The van der Waals surface area contributed by atoms with Crippen molar-refractivity contribution in [3.05, 3.63) is 53.6 Å². The van der Waals surface area contributed by atoms with E-state index in [2.05, 4.69) is 5.32 Å². The van der Waals surface area contributed by atoms with Gasteiger partial charge in [-0.3, -0.25) is 9.59 Å². The third-order valence-corrected chi connectivity index (χ3v) is 3.65. The fourth-order valence-electron chi connectivity index (χ4n) is 2.20. The molecule has 0 unspecified atom stereocenters. The van der Waals surface area contributed by atoms with Crippen molar-refractivity contribution in [1.29, 1.82) is 0 Å². The van der Waals surface area contributed by atoms with Gasteiger partial charge in [0.25, 0.3) is 5.91 Å². The molecule has 26 heavy (non-hydrogen) atoms. The third-order valence-electron chi connectivity index (χ3n) is 3.65. The topological polar surface area (TPSA) is 73.9 Å². The van der Waals surface area contributed by atoms with E-state index in [1.807, 2.05) is 32.0 Å². The second-order valence-electron chi connectivity index (χ2n) is 5.80. The van der Waals surface area contributed by atoms with Gasteiger partial charge in [-0.05, 0) is 55.3 Å². The van der Waals surface area contributed by atoms with Crippen molar-refractivity contribution in [2.24, 2.45) is 0 Å². The maximum absolute atomic E-state index is 11.8. The molecule has 0 saturated heterocycles. The summed E-state index contributed by atoms with van der Waals surface area (Å²) in [4.78, 5) is 23.5. The standard InChI is InChI=1S/C20H23NO5/c1-14-4-5-15(2)18(12-14)25-11-10-20(23)26-13-19(22)21-16-6-8-17(24-3)9-7-16/h4-9,12H,10-11,13H2,1-3H3,(H,21,22). The second-order valence-corrected chi connectivity index (χ2v) is 5.80. The van der Waals surface area contributed by atoms with Gasteiger partial charge in [0.15, 0.2) is 6.61 Å². The van der Waals surface area contributed by atoms with Gasteiger partial charge in [0.1, 0.15) is 11.5 Å². The summed E-state index contributed by atoms with van der Waals surface area (Å²) in [6.07, 6.45) is 0.0726. The second kappa shape index (κ2) is 9.46. The van der Waals surface area contributed by atoms with E-state index in [9.17, 15) is 9.59 Å². The Morgan fingerprint density at radius 1 is 1.04 bits per heavy atom. The summed E-state index contributed by atoms with van der Waals surface area (Å²) in [6, 6.07) is 12.7. The molecule has 0 saturated carbocycles. The van der Waals surface area contributed by atoms with Gasteiger partial charge >= 0.3 is 5.97 Å². The van der Waals surface area contributed by atoms with Crippen LogP contribution in [-0.4, -0.2) is 32.2 Å². The van der Waals surface area contributed by atoms with Crippen LogP contribution < -0.4 is 14.8 Å². The van der Waals surface area contributed by atoms with Gasteiger partial charge in [-0.1, -0.05) is 12.1 Å². The van der Waals surface area contributed by atoms with Crippen LogP contribution >= 0.6 is 0 Å². The number of ether oxygens (including phenoxy) is 3. The molecular formula is C20H23NO5. The summed E-state index contributed by atoms with van der Waals surface area (Å²) in [6.45, 7) is 3.77. The number of aryl methyl sites for hydroxylation is 2. The Balaban J connectivity index is 1.69. The molecule has 0 aliphatic heterocycles. The molecule has 0 spiro atoms. The van der Waals surface area contributed by atoms with E-state index in [1.54, 1.807) is 31.4 Å². The van der Waals surface area contributed by atoms with Crippen LogP contribution in [0.15, 0.2) is 42.5 Å². The summed E-state index contributed by atoms with van der Waals surface area (Å²) in [5.41, 5.74) is 2.69. The molecule has 2 rings (SSSR count). The fourth-order valence-corrected chi connectivity index (χ4v) is 2.20. The lowest BCUT2D eigenvalue weighted by Gasteiger charge is -2.10. The minimum atomic E-state index is -0.486. The highest BCUT2D eigenvalue weighted by molar-refractivity contribution is 5.92. The Hall–Kier alpha value is -3.02. The zero-order chi connectivity index (χ0) is 18.9. The minimum absolute atomic E-state index is 0.0726. The Morgan fingerprint density at radius 3 is 2.46 bits per heavy atom. The Bertz CT molecular complexity index is 755. The lowest BCUT2D eigenvalue weighted by atomic mass is 10.1. The quantitative estimate of drug-likeness (QED) is 0.734. The van der Waals surface area contributed by atoms with Gasteiger partial charge in [0.2, 0.25) is 0 Å². The van der Waals surface area contributed by atoms with Crippen molar-refractivity contribution in [3.8, 4) is 11.5 Å². The normalized spacial score (nSPS) is 10.1. The average molecular weight is 357 g/mol. The van der Waals surface area contributed by atoms with E-state index in [0.29, 0.717) is 11.4 Å². The number of rotatable bonds is 8. The molecule has 0 aliphatic carbocycles. The summed E-state index contributed by atoms with van der Waals surface area (Å²) >= 11 is 0. The molecule has 0 fully saturated rings. The average Bonchev–Trinajstić information content (AvgIpc) is 2.63. The van der Waals surface area contributed by atoms with E-state index in [0.717, 1.165) is 16.9 Å². The SMILES string of the molecule is COc1ccc(NC(=O)COC(=O)CCOc2cc(C)ccc2C)cc1. The molecule has 2 aromatic rings. The number of benzene rings is 2. The van der Waals surface area contributed by atoms with Gasteiger partial charge in [0, 0.05) is 5.69 Å². The number of methoxy groups -OCH3 is 1. The molecule has 0 aliphatic rings. The number of nitrogens with one attached hydrogen (secondary N) is 1. The summed E-state index contributed by atoms with van der Waals surface area (Å²) < 4.78 is 15.6. The highest BCUT2D eigenvalue weighted by Crippen LogP contribution is 2.19. The summed E-state index contributed by atoms with van der Waals surface area (Å²) in [7, 11) is 1.57. The molecule has 0 heterocycles. The number of hydrogen-bond donors (Lipinski definition) is 1. The van der Waals surface area contributed by atoms with Crippen LogP contribution in [0.1, 0.15) is 17.5 Å². The van der Waals surface area contributed by atoms with Crippen molar-refractivity contribution in [2.45, 2.75) is 20.3 Å². The van der Waals surface area contributed by atoms with E-state index in [4.69, 9.17) is 14.2 Å². The smallest absolute Gasteiger partial charge is 0.309 e. The highest BCUT2D eigenvalue weighted by atomic mass is 16.5. The highest BCUT2D eigenvalue weighted by Gasteiger charge is 2.09. The Morgan fingerprint density at radius 2 is 1.77 bits per heavy atom. The van der Waals surface area contributed by atoms with Gasteiger partial charge in [-0.15, -0.1) is 0 Å². The largest absolute Gasteiger partial charge is 0.497 e. The number of anilines is 1. The molecule has 6 nitrogen and oxygen atoms in total. The lowest BCUT2D eigenvalue weighted by Crippen LogP contribution is -2.21. The molecule has 0 atom stereocenters. The van der Waals surface area contributed by atoms with Crippen LogP contribution in [0.2, 0.25) is 0 Å². The maximum Gasteiger partial charge on any atom is 0.309 e. The zero-order valence-corrected chi connectivity index (χ0v) is 15.2. The first-order valence-electron chi connectivity index (χ1n) is 8.27. The number of carbonyl (C=O) groups is 2. The van der Waals surface area contributed by atoms with Gasteiger partial charge in [0.05, 0.1) is 20.1 Å². The van der Waals surface area contributed by atoms with Gasteiger partial charge in [-0.25, -0.2) is 0 Å². The molecule has 1 amide bonds. The zero-order valence-electron chi connectivity index (χ0n) is 15.2. The first kappa shape index (κ1) is 19.3. The molecule has 6 heteroatoms. The Labute approximate surface area is 153 Å². The third kappa shape index (κ3) is 6.12. The van der Waals surface area contributed by atoms with Crippen LogP contribution in [0.4, 0.5) is 5.69 Å². The van der Waals surface area contributed by atoms with Gasteiger partial charge in [-0.2, -0.15) is 0 Å². The van der Waals surface area contributed by atoms with Crippen LogP contribution in [-0.2, 0) is 14.3 Å². The van der Waals surface area contributed by atoms with Crippen LogP contribution in [0.25, 0.3) is 0 Å². The maximum atomic E-state index is 11.8. The van der Waals surface area contributed by atoms with Crippen LogP contribution in [0, 0.1) is 13.8 Å². The van der Waals surface area contributed by atoms with E-state index >= 15 is 0 Å². The summed E-state index contributed by atoms with van der Waals surface area (Å²) in [5.74, 6) is 0.549.